The van der Waals surface area contributed by atoms with E-state index in [-0.39, 0.29) is 6.04 Å². The highest BCUT2D eigenvalue weighted by Gasteiger charge is 2.31. The van der Waals surface area contributed by atoms with E-state index < -0.39 is 0 Å². The van der Waals surface area contributed by atoms with Gasteiger partial charge in [0, 0.05) is 34.6 Å². The zero-order valence-corrected chi connectivity index (χ0v) is 14.1. The van der Waals surface area contributed by atoms with Crippen LogP contribution in [0.15, 0.2) is 28.7 Å². The minimum Gasteiger partial charge on any atom is -0.326 e. The number of halogens is 1. The molecule has 2 rings (SSSR count). The lowest BCUT2D eigenvalue weighted by atomic mass is 9.95. The molecule has 106 valence electrons. The van der Waals surface area contributed by atoms with Gasteiger partial charge in [-0.05, 0) is 31.0 Å². The lowest BCUT2D eigenvalue weighted by molar-refractivity contribution is 0.137. The van der Waals surface area contributed by atoms with Crippen molar-refractivity contribution in [3.05, 3.63) is 34.3 Å². The highest BCUT2D eigenvalue weighted by molar-refractivity contribution is 9.10. The number of hydrogen-bond donors (Lipinski definition) is 1. The monoisotopic (exact) mass is 342 g/mol. The molecule has 1 saturated heterocycles. The highest BCUT2D eigenvalue weighted by atomic mass is 79.9. The SMILES string of the molecule is CCC(N)C(c1cccc(Br)c1)N1CCSCC1C. The first kappa shape index (κ1) is 15.4. The molecular weight excluding hydrogens is 320 g/mol. The van der Waals surface area contributed by atoms with Crippen molar-refractivity contribution in [1.82, 2.24) is 4.90 Å². The standard InChI is InChI=1S/C15H23BrN2S/c1-3-14(17)15(12-5-4-6-13(16)9-12)18-7-8-19-10-11(18)2/h4-6,9,11,14-15H,3,7-8,10,17H2,1-2H3. The molecule has 0 aliphatic carbocycles. The molecule has 1 heterocycles. The average Bonchev–Trinajstić information content (AvgIpc) is 2.41. The second-order valence-corrected chi connectivity index (χ2v) is 7.30. The van der Waals surface area contributed by atoms with Crippen LogP contribution in [0.25, 0.3) is 0 Å². The van der Waals surface area contributed by atoms with Crippen molar-refractivity contribution >= 4 is 27.7 Å². The molecule has 0 aromatic heterocycles. The minimum absolute atomic E-state index is 0.194. The van der Waals surface area contributed by atoms with Crippen LogP contribution in [0.2, 0.25) is 0 Å². The van der Waals surface area contributed by atoms with Gasteiger partial charge in [0.05, 0.1) is 6.04 Å². The number of hydrogen-bond acceptors (Lipinski definition) is 3. The van der Waals surface area contributed by atoms with Gasteiger partial charge in [0.15, 0.2) is 0 Å². The summed E-state index contributed by atoms with van der Waals surface area (Å²) in [4.78, 5) is 2.59. The lowest BCUT2D eigenvalue weighted by Crippen LogP contribution is -2.48. The minimum atomic E-state index is 0.194. The predicted octanol–water partition coefficient (Wildman–Crippen LogP) is 3.66. The maximum Gasteiger partial charge on any atom is 0.0502 e. The Hall–Kier alpha value is -0.0300. The topological polar surface area (TPSA) is 29.3 Å². The molecule has 1 fully saturated rings. The number of nitrogens with two attached hydrogens (primary N) is 1. The fraction of sp³-hybridized carbons (Fsp3) is 0.600. The Bertz CT molecular complexity index is 413. The van der Waals surface area contributed by atoms with E-state index in [0.717, 1.165) is 17.4 Å². The summed E-state index contributed by atoms with van der Waals surface area (Å²) in [6.45, 7) is 5.63. The fourth-order valence-corrected chi connectivity index (χ4v) is 4.21. The molecule has 0 amide bonds. The van der Waals surface area contributed by atoms with Gasteiger partial charge in [0.25, 0.3) is 0 Å². The Kier molecular flexibility index (Phi) is 5.75. The summed E-state index contributed by atoms with van der Waals surface area (Å²) in [7, 11) is 0. The number of thioether (sulfide) groups is 1. The number of benzene rings is 1. The summed E-state index contributed by atoms with van der Waals surface area (Å²) in [6, 6.07) is 9.73. The maximum atomic E-state index is 6.43. The molecule has 2 nitrogen and oxygen atoms in total. The van der Waals surface area contributed by atoms with E-state index in [1.54, 1.807) is 0 Å². The third-order valence-electron chi connectivity index (χ3n) is 3.84. The number of nitrogens with zero attached hydrogens (tertiary/aromatic N) is 1. The second-order valence-electron chi connectivity index (χ2n) is 5.23. The van der Waals surface area contributed by atoms with Gasteiger partial charge in [-0.3, -0.25) is 4.90 Å². The lowest BCUT2D eigenvalue weighted by Gasteiger charge is -2.42. The molecule has 3 atom stereocenters. The van der Waals surface area contributed by atoms with Gasteiger partial charge in [-0.1, -0.05) is 35.0 Å². The van der Waals surface area contributed by atoms with Crippen LogP contribution in [0.3, 0.4) is 0 Å². The Morgan fingerprint density at radius 1 is 1.53 bits per heavy atom. The Morgan fingerprint density at radius 3 is 2.95 bits per heavy atom. The Balaban J connectivity index is 2.29. The smallest absolute Gasteiger partial charge is 0.0502 e. The first-order valence-corrected chi connectivity index (χ1v) is 8.92. The van der Waals surface area contributed by atoms with Crippen molar-refractivity contribution in [1.29, 1.82) is 0 Å². The summed E-state index contributed by atoms with van der Waals surface area (Å²) in [5.41, 5.74) is 7.76. The molecule has 4 heteroatoms. The summed E-state index contributed by atoms with van der Waals surface area (Å²) in [6.07, 6.45) is 1.01. The molecule has 0 bridgehead atoms. The highest BCUT2D eigenvalue weighted by Crippen LogP contribution is 2.31. The molecule has 1 aromatic carbocycles. The third kappa shape index (κ3) is 3.75. The summed E-state index contributed by atoms with van der Waals surface area (Å²) < 4.78 is 1.14. The molecule has 0 radical (unpaired) electrons. The molecule has 1 aliphatic heterocycles. The van der Waals surface area contributed by atoms with Gasteiger partial charge in [0.1, 0.15) is 0 Å². The van der Waals surface area contributed by atoms with Crippen LogP contribution in [0, 0.1) is 0 Å². The van der Waals surface area contributed by atoms with Crippen molar-refractivity contribution < 1.29 is 0 Å². The molecule has 1 aliphatic rings. The van der Waals surface area contributed by atoms with Crippen molar-refractivity contribution in [2.75, 3.05) is 18.1 Å². The van der Waals surface area contributed by atoms with Crippen LogP contribution < -0.4 is 5.73 Å². The van der Waals surface area contributed by atoms with Crippen LogP contribution in [0.5, 0.6) is 0 Å². The van der Waals surface area contributed by atoms with Crippen LogP contribution in [-0.4, -0.2) is 35.0 Å². The van der Waals surface area contributed by atoms with Crippen molar-refractivity contribution in [3.8, 4) is 0 Å². The van der Waals surface area contributed by atoms with Crippen LogP contribution in [-0.2, 0) is 0 Å². The molecule has 1 aromatic rings. The van der Waals surface area contributed by atoms with E-state index in [9.17, 15) is 0 Å². The normalized spacial score (nSPS) is 24.1. The van der Waals surface area contributed by atoms with Crippen LogP contribution in [0.1, 0.15) is 31.9 Å². The van der Waals surface area contributed by atoms with Crippen molar-refractivity contribution in [2.24, 2.45) is 5.73 Å². The van der Waals surface area contributed by atoms with E-state index >= 15 is 0 Å². The Morgan fingerprint density at radius 2 is 2.32 bits per heavy atom. The fourth-order valence-electron chi connectivity index (χ4n) is 2.75. The molecule has 3 unspecified atom stereocenters. The van der Waals surface area contributed by atoms with Gasteiger partial charge >= 0.3 is 0 Å². The van der Waals surface area contributed by atoms with E-state index in [0.29, 0.717) is 12.1 Å². The second kappa shape index (κ2) is 7.11. The molecule has 19 heavy (non-hydrogen) atoms. The van der Waals surface area contributed by atoms with Crippen molar-refractivity contribution in [3.63, 3.8) is 0 Å². The molecule has 0 spiro atoms. The molecule has 2 N–H and O–H groups in total. The Labute approximate surface area is 129 Å². The third-order valence-corrected chi connectivity index (χ3v) is 5.53. The zero-order valence-electron chi connectivity index (χ0n) is 11.7. The van der Waals surface area contributed by atoms with Gasteiger partial charge in [-0.15, -0.1) is 0 Å². The van der Waals surface area contributed by atoms with Gasteiger partial charge < -0.3 is 5.73 Å². The summed E-state index contributed by atoms with van der Waals surface area (Å²) in [5, 5.41) is 0. The van der Waals surface area contributed by atoms with Gasteiger partial charge in [-0.25, -0.2) is 0 Å². The first-order chi connectivity index (χ1) is 9.13. The van der Waals surface area contributed by atoms with E-state index in [1.807, 2.05) is 0 Å². The molecular formula is C15H23BrN2S. The molecule has 0 saturated carbocycles. The average molecular weight is 343 g/mol. The summed E-state index contributed by atoms with van der Waals surface area (Å²) >= 11 is 5.63. The van der Waals surface area contributed by atoms with Gasteiger partial charge in [0.2, 0.25) is 0 Å². The van der Waals surface area contributed by atoms with Crippen LogP contribution in [0.4, 0.5) is 0 Å². The van der Waals surface area contributed by atoms with Crippen LogP contribution >= 0.6 is 27.7 Å². The quantitative estimate of drug-likeness (QED) is 0.905. The van der Waals surface area contributed by atoms with E-state index in [1.165, 1.54) is 17.1 Å². The van der Waals surface area contributed by atoms with Gasteiger partial charge in [-0.2, -0.15) is 11.8 Å². The zero-order chi connectivity index (χ0) is 13.8. The van der Waals surface area contributed by atoms with E-state index in [4.69, 9.17) is 5.73 Å². The number of rotatable bonds is 4. The summed E-state index contributed by atoms with van der Waals surface area (Å²) in [5.74, 6) is 2.42. The van der Waals surface area contributed by atoms with Crippen molar-refractivity contribution in [2.45, 2.75) is 38.4 Å². The predicted molar refractivity (Wildman–Crippen MR) is 88.6 cm³/mol. The van der Waals surface area contributed by atoms with E-state index in [2.05, 4.69) is 70.7 Å². The maximum absolute atomic E-state index is 6.43. The largest absolute Gasteiger partial charge is 0.326 e. The first-order valence-electron chi connectivity index (χ1n) is 6.98.